The summed E-state index contributed by atoms with van der Waals surface area (Å²) in [6.07, 6.45) is 2.29. The van der Waals surface area contributed by atoms with E-state index in [0.29, 0.717) is 18.9 Å². The average Bonchev–Trinajstić information content (AvgIpc) is 2.68. The normalized spacial score (nSPS) is 32.8. The highest BCUT2D eigenvalue weighted by Crippen LogP contribution is 2.31. The molecule has 2 heterocycles. The van der Waals surface area contributed by atoms with Crippen LogP contribution < -0.4 is 0 Å². The Morgan fingerprint density at radius 2 is 2.06 bits per heavy atom. The number of rotatable bonds is 2. The first kappa shape index (κ1) is 13.8. The van der Waals surface area contributed by atoms with E-state index in [4.69, 9.17) is 0 Å². The van der Waals surface area contributed by atoms with Crippen LogP contribution in [0.3, 0.4) is 0 Å². The summed E-state index contributed by atoms with van der Waals surface area (Å²) in [6.45, 7) is 7.60. The summed E-state index contributed by atoms with van der Waals surface area (Å²) in [5.41, 5.74) is -0.0512. The zero-order chi connectivity index (χ0) is 13.3. The van der Waals surface area contributed by atoms with Crippen molar-refractivity contribution in [2.75, 3.05) is 33.2 Å². The molecule has 1 N–H and O–H groups in total. The van der Waals surface area contributed by atoms with Crippen molar-refractivity contribution in [3.05, 3.63) is 0 Å². The quantitative estimate of drug-likeness (QED) is 0.798. The SMILES string of the molecule is CN1CCC(CC(=O)N2CCC(C)(C)C(O)C2)C1. The fourth-order valence-corrected chi connectivity index (χ4v) is 2.93. The van der Waals surface area contributed by atoms with Crippen molar-refractivity contribution in [3.63, 3.8) is 0 Å². The molecule has 0 aliphatic carbocycles. The molecule has 0 aromatic rings. The Balaban J connectivity index is 1.83. The van der Waals surface area contributed by atoms with Gasteiger partial charge in [-0.25, -0.2) is 0 Å². The lowest BCUT2D eigenvalue weighted by molar-refractivity contribution is -0.138. The van der Waals surface area contributed by atoms with E-state index in [1.165, 1.54) is 0 Å². The minimum Gasteiger partial charge on any atom is -0.391 e. The molecule has 1 amide bonds. The van der Waals surface area contributed by atoms with E-state index >= 15 is 0 Å². The lowest BCUT2D eigenvalue weighted by Crippen LogP contribution is -2.50. The van der Waals surface area contributed by atoms with E-state index in [-0.39, 0.29) is 17.4 Å². The van der Waals surface area contributed by atoms with Gasteiger partial charge in [-0.05, 0) is 37.8 Å². The Hall–Kier alpha value is -0.610. The minimum absolute atomic E-state index is 0.0512. The first-order valence-corrected chi connectivity index (χ1v) is 7.03. The van der Waals surface area contributed by atoms with E-state index in [0.717, 1.165) is 32.5 Å². The predicted octanol–water partition coefficient (Wildman–Crippen LogP) is 0.948. The molecule has 0 aromatic carbocycles. The van der Waals surface area contributed by atoms with Crippen LogP contribution >= 0.6 is 0 Å². The van der Waals surface area contributed by atoms with Crippen LogP contribution in [0.2, 0.25) is 0 Å². The molecule has 104 valence electrons. The Labute approximate surface area is 110 Å². The second-order valence-electron chi connectivity index (χ2n) is 6.72. The molecule has 2 unspecified atom stereocenters. The molecular formula is C14H26N2O2. The van der Waals surface area contributed by atoms with Crippen molar-refractivity contribution >= 4 is 5.91 Å². The highest BCUT2D eigenvalue weighted by Gasteiger charge is 2.36. The number of hydrogen-bond acceptors (Lipinski definition) is 3. The lowest BCUT2D eigenvalue weighted by atomic mass is 9.80. The maximum atomic E-state index is 12.2. The molecule has 2 aliphatic heterocycles. The van der Waals surface area contributed by atoms with Crippen molar-refractivity contribution in [1.82, 2.24) is 9.80 Å². The van der Waals surface area contributed by atoms with Gasteiger partial charge in [0.05, 0.1) is 6.10 Å². The molecule has 2 rings (SSSR count). The number of nitrogens with zero attached hydrogens (tertiary/aromatic N) is 2. The lowest BCUT2D eigenvalue weighted by Gasteiger charge is -2.41. The van der Waals surface area contributed by atoms with Crippen LogP contribution in [0.15, 0.2) is 0 Å². The van der Waals surface area contributed by atoms with E-state index in [1.807, 2.05) is 4.90 Å². The van der Waals surface area contributed by atoms with Crippen LogP contribution in [-0.2, 0) is 4.79 Å². The first-order valence-electron chi connectivity index (χ1n) is 7.03. The number of likely N-dealkylation sites (tertiary alicyclic amines) is 2. The van der Waals surface area contributed by atoms with Crippen LogP contribution in [-0.4, -0.2) is 60.1 Å². The predicted molar refractivity (Wildman–Crippen MR) is 71.2 cm³/mol. The van der Waals surface area contributed by atoms with Crippen LogP contribution in [0.25, 0.3) is 0 Å². The number of aliphatic hydroxyl groups is 1. The van der Waals surface area contributed by atoms with Gasteiger partial charge in [0, 0.05) is 26.1 Å². The third-order valence-corrected chi connectivity index (χ3v) is 4.63. The molecule has 0 bridgehead atoms. The fraction of sp³-hybridized carbons (Fsp3) is 0.929. The smallest absolute Gasteiger partial charge is 0.222 e. The van der Waals surface area contributed by atoms with Gasteiger partial charge in [0.25, 0.3) is 0 Å². The number of carbonyl (C=O) groups is 1. The van der Waals surface area contributed by atoms with Gasteiger partial charge in [-0.2, -0.15) is 0 Å². The Morgan fingerprint density at radius 1 is 1.33 bits per heavy atom. The van der Waals surface area contributed by atoms with Crippen LogP contribution in [0.5, 0.6) is 0 Å². The minimum atomic E-state index is -0.388. The van der Waals surface area contributed by atoms with Crippen molar-refractivity contribution in [2.24, 2.45) is 11.3 Å². The van der Waals surface area contributed by atoms with Gasteiger partial charge in [0.1, 0.15) is 0 Å². The largest absolute Gasteiger partial charge is 0.391 e. The standard InChI is InChI=1S/C14H26N2O2/c1-14(2)5-7-16(10-12(14)17)13(18)8-11-4-6-15(3)9-11/h11-12,17H,4-10H2,1-3H3. The molecule has 0 spiro atoms. The van der Waals surface area contributed by atoms with Crippen LogP contribution in [0.4, 0.5) is 0 Å². The zero-order valence-electron chi connectivity index (χ0n) is 11.9. The zero-order valence-corrected chi connectivity index (χ0v) is 11.9. The maximum absolute atomic E-state index is 12.2. The molecule has 0 aromatic heterocycles. The molecule has 2 aliphatic rings. The first-order chi connectivity index (χ1) is 8.38. The summed E-state index contributed by atoms with van der Waals surface area (Å²) in [7, 11) is 2.11. The highest BCUT2D eigenvalue weighted by molar-refractivity contribution is 5.76. The van der Waals surface area contributed by atoms with E-state index in [2.05, 4.69) is 25.8 Å². The van der Waals surface area contributed by atoms with Crippen molar-refractivity contribution in [3.8, 4) is 0 Å². The number of aliphatic hydroxyl groups excluding tert-OH is 1. The molecule has 18 heavy (non-hydrogen) atoms. The molecule has 2 saturated heterocycles. The van der Waals surface area contributed by atoms with Gasteiger partial charge < -0.3 is 14.9 Å². The summed E-state index contributed by atoms with van der Waals surface area (Å²) in [6, 6.07) is 0. The average molecular weight is 254 g/mol. The van der Waals surface area contributed by atoms with Crippen molar-refractivity contribution < 1.29 is 9.90 Å². The van der Waals surface area contributed by atoms with Gasteiger partial charge in [0.15, 0.2) is 0 Å². The Bertz CT molecular complexity index is 317. The molecule has 4 nitrogen and oxygen atoms in total. The summed E-state index contributed by atoms with van der Waals surface area (Å²) >= 11 is 0. The van der Waals surface area contributed by atoms with Crippen LogP contribution in [0.1, 0.15) is 33.1 Å². The van der Waals surface area contributed by atoms with Crippen LogP contribution in [0, 0.1) is 11.3 Å². The monoisotopic (exact) mass is 254 g/mol. The van der Waals surface area contributed by atoms with Crippen molar-refractivity contribution in [1.29, 1.82) is 0 Å². The van der Waals surface area contributed by atoms with E-state index in [1.54, 1.807) is 0 Å². The number of β-amino-alcohol motifs (C(OH)–C–C–N with tert-alkyl or cyclic N) is 1. The molecule has 2 fully saturated rings. The summed E-state index contributed by atoms with van der Waals surface area (Å²) < 4.78 is 0. The van der Waals surface area contributed by atoms with Crippen molar-refractivity contribution in [2.45, 2.75) is 39.2 Å². The molecule has 0 radical (unpaired) electrons. The third-order valence-electron chi connectivity index (χ3n) is 4.63. The Kier molecular flexibility index (Phi) is 3.97. The number of hydrogen-bond donors (Lipinski definition) is 1. The second-order valence-corrected chi connectivity index (χ2v) is 6.72. The van der Waals surface area contributed by atoms with E-state index in [9.17, 15) is 9.90 Å². The van der Waals surface area contributed by atoms with Gasteiger partial charge in [0.2, 0.25) is 5.91 Å². The number of piperidine rings is 1. The van der Waals surface area contributed by atoms with Gasteiger partial charge in [-0.3, -0.25) is 4.79 Å². The summed E-state index contributed by atoms with van der Waals surface area (Å²) in [5.74, 6) is 0.736. The van der Waals surface area contributed by atoms with Gasteiger partial charge in [-0.1, -0.05) is 13.8 Å². The Morgan fingerprint density at radius 3 is 2.61 bits per heavy atom. The van der Waals surface area contributed by atoms with Gasteiger partial charge in [-0.15, -0.1) is 0 Å². The number of amides is 1. The highest BCUT2D eigenvalue weighted by atomic mass is 16.3. The third kappa shape index (κ3) is 3.04. The molecule has 0 saturated carbocycles. The molecule has 2 atom stereocenters. The molecular weight excluding hydrogens is 228 g/mol. The number of carbonyl (C=O) groups excluding carboxylic acids is 1. The summed E-state index contributed by atoms with van der Waals surface area (Å²) in [5, 5.41) is 10.1. The summed E-state index contributed by atoms with van der Waals surface area (Å²) in [4.78, 5) is 16.4. The second kappa shape index (κ2) is 5.17. The fourth-order valence-electron chi connectivity index (χ4n) is 2.93. The molecule has 4 heteroatoms. The topological polar surface area (TPSA) is 43.8 Å². The van der Waals surface area contributed by atoms with E-state index < -0.39 is 0 Å². The maximum Gasteiger partial charge on any atom is 0.222 e. The van der Waals surface area contributed by atoms with Gasteiger partial charge >= 0.3 is 0 Å².